The number of halogens is 1. The fourth-order valence-electron chi connectivity index (χ4n) is 2.50. The molecule has 0 radical (unpaired) electrons. The normalized spacial score (nSPS) is 15.7. The molecule has 0 aliphatic carbocycles. The van der Waals surface area contributed by atoms with E-state index in [1.807, 2.05) is 52.1 Å². The van der Waals surface area contributed by atoms with Crippen LogP contribution < -0.4 is 5.43 Å². The molecular formula is C17H19ClN4O2. The minimum absolute atomic E-state index is 0.127. The Hall–Kier alpha value is -2.15. The predicted octanol–water partition coefficient (Wildman–Crippen LogP) is 1.91. The molecule has 1 amide bonds. The fourth-order valence-corrected chi connectivity index (χ4v) is 2.63. The number of nitrogens with zero attached hydrogens (tertiary/aromatic N) is 3. The number of hydrogen-bond donors (Lipinski definition) is 1. The van der Waals surface area contributed by atoms with Gasteiger partial charge in [0.05, 0.1) is 31.7 Å². The first-order valence-corrected chi connectivity index (χ1v) is 8.15. The van der Waals surface area contributed by atoms with Crippen LogP contribution >= 0.6 is 11.6 Å². The first kappa shape index (κ1) is 16.7. The van der Waals surface area contributed by atoms with Gasteiger partial charge in [0.1, 0.15) is 0 Å². The van der Waals surface area contributed by atoms with Gasteiger partial charge < -0.3 is 9.30 Å². The van der Waals surface area contributed by atoms with Crippen LogP contribution in [0, 0.1) is 0 Å². The Labute approximate surface area is 145 Å². The molecule has 1 aliphatic rings. The summed E-state index contributed by atoms with van der Waals surface area (Å²) >= 11 is 5.92. The third kappa shape index (κ3) is 4.44. The van der Waals surface area contributed by atoms with E-state index in [2.05, 4.69) is 10.5 Å². The molecule has 1 aromatic heterocycles. The molecule has 0 unspecified atom stereocenters. The van der Waals surface area contributed by atoms with Crippen LogP contribution in [-0.4, -0.2) is 54.4 Å². The summed E-state index contributed by atoms with van der Waals surface area (Å²) in [4.78, 5) is 13.9. The van der Waals surface area contributed by atoms with Gasteiger partial charge in [0.25, 0.3) is 5.91 Å². The lowest BCUT2D eigenvalue weighted by Gasteiger charge is -2.25. The number of hydrazone groups is 1. The maximum Gasteiger partial charge on any atom is 0.254 e. The van der Waals surface area contributed by atoms with Crippen molar-refractivity contribution in [2.75, 3.05) is 32.8 Å². The smallest absolute Gasteiger partial charge is 0.254 e. The maximum atomic E-state index is 11.9. The van der Waals surface area contributed by atoms with Gasteiger partial charge in [0.2, 0.25) is 0 Å². The van der Waals surface area contributed by atoms with E-state index >= 15 is 0 Å². The molecule has 1 aromatic carbocycles. The van der Waals surface area contributed by atoms with E-state index in [0.29, 0.717) is 24.8 Å². The molecule has 126 valence electrons. The lowest BCUT2D eigenvalue weighted by Crippen LogP contribution is -2.42. The van der Waals surface area contributed by atoms with Crippen LogP contribution in [0.25, 0.3) is 5.69 Å². The second-order valence-electron chi connectivity index (χ2n) is 5.46. The number of morpholine rings is 1. The fraction of sp³-hybridized carbons (Fsp3) is 0.294. The third-order valence-electron chi connectivity index (χ3n) is 3.74. The quantitative estimate of drug-likeness (QED) is 0.664. The van der Waals surface area contributed by atoms with Crippen molar-refractivity contribution >= 4 is 23.7 Å². The molecule has 2 aromatic rings. The van der Waals surface area contributed by atoms with Gasteiger partial charge >= 0.3 is 0 Å². The third-order valence-corrected chi connectivity index (χ3v) is 3.99. The topological polar surface area (TPSA) is 58.9 Å². The Morgan fingerprint density at radius 3 is 2.75 bits per heavy atom. The van der Waals surface area contributed by atoms with Crippen LogP contribution in [0.1, 0.15) is 5.69 Å². The Bertz CT molecular complexity index is 706. The molecule has 0 spiro atoms. The summed E-state index contributed by atoms with van der Waals surface area (Å²) in [5.74, 6) is -0.127. The molecule has 0 atom stereocenters. The van der Waals surface area contributed by atoms with Crippen molar-refractivity contribution in [3.05, 3.63) is 53.3 Å². The highest BCUT2D eigenvalue weighted by Crippen LogP contribution is 2.15. The van der Waals surface area contributed by atoms with E-state index in [0.717, 1.165) is 24.5 Å². The van der Waals surface area contributed by atoms with Crippen LogP contribution in [0.3, 0.4) is 0 Å². The number of carbonyl (C=O) groups excluding carboxylic acids is 1. The zero-order valence-corrected chi connectivity index (χ0v) is 13.9. The second-order valence-corrected chi connectivity index (χ2v) is 5.90. The lowest BCUT2D eigenvalue weighted by atomic mass is 10.3. The van der Waals surface area contributed by atoms with E-state index in [-0.39, 0.29) is 5.91 Å². The summed E-state index contributed by atoms with van der Waals surface area (Å²) in [6, 6.07) is 11.4. The van der Waals surface area contributed by atoms with Crippen LogP contribution in [0.15, 0.2) is 47.7 Å². The van der Waals surface area contributed by atoms with E-state index in [9.17, 15) is 4.79 Å². The van der Waals surface area contributed by atoms with E-state index in [4.69, 9.17) is 16.3 Å². The van der Waals surface area contributed by atoms with Gasteiger partial charge in [0, 0.05) is 30.0 Å². The molecule has 1 aliphatic heterocycles. The number of rotatable bonds is 5. The number of benzene rings is 1. The minimum Gasteiger partial charge on any atom is -0.379 e. The summed E-state index contributed by atoms with van der Waals surface area (Å²) in [5, 5.41) is 4.74. The van der Waals surface area contributed by atoms with Gasteiger partial charge in [-0.1, -0.05) is 11.6 Å². The zero-order chi connectivity index (χ0) is 16.8. The predicted molar refractivity (Wildman–Crippen MR) is 93.8 cm³/mol. The van der Waals surface area contributed by atoms with Crippen LogP contribution in [0.2, 0.25) is 5.02 Å². The van der Waals surface area contributed by atoms with Gasteiger partial charge in [-0.05, 0) is 36.4 Å². The summed E-state index contributed by atoms with van der Waals surface area (Å²) < 4.78 is 7.23. The summed E-state index contributed by atoms with van der Waals surface area (Å²) in [6.07, 6.45) is 3.56. The first-order chi connectivity index (χ1) is 11.7. The Morgan fingerprint density at radius 2 is 2.00 bits per heavy atom. The molecule has 1 N–H and O–H groups in total. The van der Waals surface area contributed by atoms with Crippen molar-refractivity contribution in [3.8, 4) is 5.69 Å². The molecule has 0 saturated carbocycles. The number of carbonyl (C=O) groups is 1. The Balaban J connectivity index is 1.58. The van der Waals surface area contributed by atoms with Crippen molar-refractivity contribution in [3.63, 3.8) is 0 Å². The monoisotopic (exact) mass is 346 g/mol. The summed E-state index contributed by atoms with van der Waals surface area (Å²) in [7, 11) is 0. The van der Waals surface area contributed by atoms with Crippen LogP contribution in [-0.2, 0) is 9.53 Å². The number of nitrogens with one attached hydrogen (secondary N) is 1. The van der Waals surface area contributed by atoms with Crippen molar-refractivity contribution < 1.29 is 9.53 Å². The lowest BCUT2D eigenvalue weighted by molar-refractivity contribution is -0.123. The Kier molecular flexibility index (Phi) is 5.63. The summed E-state index contributed by atoms with van der Waals surface area (Å²) in [5.41, 5.74) is 4.41. The molecule has 7 heteroatoms. The number of aromatic nitrogens is 1. The van der Waals surface area contributed by atoms with Gasteiger partial charge in [-0.3, -0.25) is 9.69 Å². The van der Waals surface area contributed by atoms with Crippen molar-refractivity contribution in [1.82, 2.24) is 14.9 Å². The standard InChI is InChI=1S/C17H19ClN4O2/c18-14-3-5-15(6-4-14)22-7-1-2-16(22)12-19-20-17(23)13-21-8-10-24-11-9-21/h1-7,12H,8-11,13H2,(H,20,23)/b19-12-. The van der Waals surface area contributed by atoms with Gasteiger partial charge in [-0.15, -0.1) is 0 Å². The maximum absolute atomic E-state index is 11.9. The number of ether oxygens (including phenoxy) is 1. The average molecular weight is 347 g/mol. The highest BCUT2D eigenvalue weighted by molar-refractivity contribution is 6.30. The zero-order valence-electron chi connectivity index (χ0n) is 13.2. The average Bonchev–Trinajstić information content (AvgIpc) is 3.05. The van der Waals surface area contributed by atoms with E-state index in [1.165, 1.54) is 0 Å². The van der Waals surface area contributed by atoms with Crippen molar-refractivity contribution in [2.24, 2.45) is 5.10 Å². The molecule has 1 saturated heterocycles. The van der Waals surface area contributed by atoms with Crippen molar-refractivity contribution in [2.45, 2.75) is 0 Å². The summed E-state index contributed by atoms with van der Waals surface area (Å²) in [6.45, 7) is 3.22. The molecule has 6 nitrogen and oxygen atoms in total. The minimum atomic E-state index is -0.127. The van der Waals surface area contributed by atoms with Gasteiger partial charge in [-0.2, -0.15) is 5.10 Å². The van der Waals surface area contributed by atoms with E-state index in [1.54, 1.807) is 6.21 Å². The number of amides is 1. The van der Waals surface area contributed by atoms with Gasteiger partial charge in [-0.25, -0.2) is 5.43 Å². The first-order valence-electron chi connectivity index (χ1n) is 7.78. The van der Waals surface area contributed by atoms with Crippen molar-refractivity contribution in [1.29, 1.82) is 0 Å². The number of hydrogen-bond acceptors (Lipinski definition) is 4. The van der Waals surface area contributed by atoms with Crippen LogP contribution in [0.5, 0.6) is 0 Å². The molecule has 2 heterocycles. The second kappa shape index (κ2) is 8.10. The highest BCUT2D eigenvalue weighted by atomic mass is 35.5. The molecule has 0 bridgehead atoms. The molecule has 1 fully saturated rings. The molecular weight excluding hydrogens is 328 g/mol. The van der Waals surface area contributed by atoms with Crippen LogP contribution in [0.4, 0.5) is 0 Å². The molecule has 24 heavy (non-hydrogen) atoms. The van der Waals surface area contributed by atoms with E-state index < -0.39 is 0 Å². The highest BCUT2D eigenvalue weighted by Gasteiger charge is 2.13. The largest absolute Gasteiger partial charge is 0.379 e. The molecule has 3 rings (SSSR count). The van der Waals surface area contributed by atoms with Gasteiger partial charge in [0.15, 0.2) is 0 Å². The Morgan fingerprint density at radius 1 is 1.25 bits per heavy atom. The SMILES string of the molecule is O=C(CN1CCOCC1)N/N=C\c1cccn1-c1ccc(Cl)cc1.